The Morgan fingerprint density at radius 1 is 1.12 bits per heavy atom. The third-order valence-electron chi connectivity index (χ3n) is 1.66. The zero-order chi connectivity index (χ0) is 12.1. The van der Waals surface area contributed by atoms with Crippen LogP contribution in [-0.4, -0.2) is 22.2 Å². The third-order valence-corrected chi connectivity index (χ3v) is 1.66. The highest BCUT2D eigenvalue weighted by atomic mass is 35.5. The molecule has 0 aromatic heterocycles. The van der Waals surface area contributed by atoms with E-state index in [0.29, 0.717) is 0 Å². The van der Waals surface area contributed by atoms with Crippen LogP contribution in [-0.2, 0) is 0 Å². The van der Waals surface area contributed by atoms with Gasteiger partial charge in [0, 0.05) is 5.56 Å². The topological polar surface area (TPSA) is 137 Å². The van der Waals surface area contributed by atoms with E-state index in [2.05, 4.69) is 0 Å². The SMILES string of the molecule is Cl.NNC(=O)NNC(=O)c1ccc(O)c(O)c1. The second-order valence-electron chi connectivity index (χ2n) is 2.76. The van der Waals surface area contributed by atoms with E-state index in [1.807, 2.05) is 10.9 Å². The Labute approximate surface area is 102 Å². The Morgan fingerprint density at radius 3 is 2.29 bits per heavy atom. The highest BCUT2D eigenvalue weighted by molar-refractivity contribution is 5.95. The quantitative estimate of drug-likeness (QED) is 0.173. The molecule has 7 N–H and O–H groups in total. The number of phenolic OH excluding ortho intramolecular Hbond substituents is 2. The zero-order valence-electron chi connectivity index (χ0n) is 8.43. The summed E-state index contributed by atoms with van der Waals surface area (Å²) < 4.78 is 0. The summed E-state index contributed by atoms with van der Waals surface area (Å²) in [6.07, 6.45) is 0. The van der Waals surface area contributed by atoms with E-state index in [9.17, 15) is 9.59 Å². The van der Waals surface area contributed by atoms with Crippen LogP contribution in [0.3, 0.4) is 0 Å². The molecule has 0 aliphatic rings. The van der Waals surface area contributed by atoms with Gasteiger partial charge in [0.2, 0.25) is 0 Å². The predicted octanol–water partition coefficient (Wildman–Crippen LogP) is -0.663. The molecule has 17 heavy (non-hydrogen) atoms. The third kappa shape index (κ3) is 4.05. The summed E-state index contributed by atoms with van der Waals surface area (Å²) in [5, 5.41) is 18.1. The Bertz CT molecular complexity index is 426. The number of nitrogens with two attached hydrogens (primary N) is 1. The molecule has 1 aromatic rings. The van der Waals surface area contributed by atoms with Crippen molar-refractivity contribution in [3.8, 4) is 11.5 Å². The predicted molar refractivity (Wildman–Crippen MR) is 60.3 cm³/mol. The Hall–Kier alpha value is -2.19. The smallest absolute Gasteiger partial charge is 0.347 e. The first-order valence-corrected chi connectivity index (χ1v) is 4.13. The van der Waals surface area contributed by atoms with Crippen molar-refractivity contribution < 1.29 is 19.8 Å². The maximum atomic E-state index is 11.3. The molecular formula is C8H11ClN4O4. The van der Waals surface area contributed by atoms with Gasteiger partial charge >= 0.3 is 6.03 Å². The van der Waals surface area contributed by atoms with Crippen LogP contribution in [0.5, 0.6) is 11.5 Å². The van der Waals surface area contributed by atoms with Gasteiger partial charge in [-0.05, 0) is 18.2 Å². The summed E-state index contributed by atoms with van der Waals surface area (Å²) in [4.78, 5) is 22.0. The average Bonchev–Trinajstić information content (AvgIpc) is 2.29. The number of halogens is 1. The molecule has 0 heterocycles. The molecule has 0 aliphatic carbocycles. The molecule has 1 rings (SSSR count). The van der Waals surface area contributed by atoms with Crippen molar-refractivity contribution in [2.45, 2.75) is 0 Å². The van der Waals surface area contributed by atoms with E-state index in [1.165, 1.54) is 6.07 Å². The van der Waals surface area contributed by atoms with Gasteiger partial charge in [-0.25, -0.2) is 16.1 Å². The van der Waals surface area contributed by atoms with Gasteiger partial charge in [0.05, 0.1) is 0 Å². The Kier molecular flexibility index (Phi) is 5.58. The molecule has 0 bridgehead atoms. The number of carbonyl (C=O) groups excluding carboxylic acids is 2. The van der Waals surface area contributed by atoms with Crippen LogP contribution in [0.4, 0.5) is 4.79 Å². The first kappa shape index (κ1) is 14.8. The fraction of sp³-hybridized carbons (Fsp3) is 0. The first-order chi connectivity index (χ1) is 7.54. The summed E-state index contributed by atoms with van der Waals surface area (Å²) in [6, 6.07) is 2.67. The first-order valence-electron chi connectivity index (χ1n) is 4.13. The van der Waals surface area contributed by atoms with E-state index in [0.717, 1.165) is 12.1 Å². The largest absolute Gasteiger partial charge is 0.504 e. The van der Waals surface area contributed by atoms with Crippen molar-refractivity contribution in [2.75, 3.05) is 0 Å². The lowest BCUT2D eigenvalue weighted by Crippen LogP contribution is -2.49. The number of aromatic hydroxyl groups is 2. The van der Waals surface area contributed by atoms with Crippen molar-refractivity contribution in [1.29, 1.82) is 0 Å². The summed E-state index contributed by atoms with van der Waals surface area (Å²) in [6.45, 7) is 0. The van der Waals surface area contributed by atoms with Crippen LogP contribution in [0.2, 0.25) is 0 Å². The van der Waals surface area contributed by atoms with Crippen LogP contribution in [0.1, 0.15) is 10.4 Å². The number of nitrogens with one attached hydrogen (secondary N) is 3. The number of benzene rings is 1. The van der Waals surface area contributed by atoms with Crippen LogP contribution < -0.4 is 22.1 Å². The van der Waals surface area contributed by atoms with E-state index in [1.54, 1.807) is 5.43 Å². The maximum Gasteiger partial charge on any atom is 0.347 e. The Morgan fingerprint density at radius 2 is 1.76 bits per heavy atom. The highest BCUT2D eigenvalue weighted by Crippen LogP contribution is 2.24. The minimum Gasteiger partial charge on any atom is -0.504 e. The van der Waals surface area contributed by atoms with Gasteiger partial charge in [-0.15, -0.1) is 12.4 Å². The average molecular weight is 263 g/mol. The summed E-state index contributed by atoms with van der Waals surface area (Å²) in [5.41, 5.74) is 5.77. The lowest BCUT2D eigenvalue weighted by Gasteiger charge is -2.06. The number of amides is 3. The lowest BCUT2D eigenvalue weighted by atomic mass is 10.2. The molecule has 0 spiro atoms. The van der Waals surface area contributed by atoms with E-state index in [-0.39, 0.29) is 23.7 Å². The molecule has 0 atom stereocenters. The molecule has 1 aromatic carbocycles. The number of rotatable bonds is 1. The lowest BCUT2D eigenvalue weighted by molar-refractivity contribution is 0.0936. The molecular weight excluding hydrogens is 252 g/mol. The minimum absolute atomic E-state index is 0. The summed E-state index contributed by atoms with van der Waals surface area (Å²) in [5.74, 6) is 3.31. The fourth-order valence-electron chi connectivity index (χ4n) is 0.886. The normalized spacial score (nSPS) is 8.76. The summed E-state index contributed by atoms with van der Waals surface area (Å²) in [7, 11) is 0. The van der Waals surface area contributed by atoms with Gasteiger partial charge in [0.1, 0.15) is 0 Å². The van der Waals surface area contributed by atoms with Crippen molar-refractivity contribution in [2.24, 2.45) is 5.84 Å². The molecule has 0 saturated heterocycles. The zero-order valence-corrected chi connectivity index (χ0v) is 9.25. The highest BCUT2D eigenvalue weighted by Gasteiger charge is 2.09. The van der Waals surface area contributed by atoms with Gasteiger partial charge in [0.15, 0.2) is 11.5 Å². The van der Waals surface area contributed by atoms with Crippen molar-refractivity contribution in [3.63, 3.8) is 0 Å². The molecule has 0 saturated carbocycles. The van der Waals surface area contributed by atoms with Crippen LogP contribution >= 0.6 is 12.4 Å². The van der Waals surface area contributed by atoms with Gasteiger partial charge in [-0.2, -0.15) is 0 Å². The molecule has 0 fully saturated rings. The van der Waals surface area contributed by atoms with E-state index < -0.39 is 17.7 Å². The van der Waals surface area contributed by atoms with Crippen LogP contribution in [0, 0.1) is 0 Å². The molecule has 9 heteroatoms. The number of urea groups is 1. The number of hydrogen-bond acceptors (Lipinski definition) is 5. The minimum atomic E-state index is -0.795. The van der Waals surface area contributed by atoms with Crippen LogP contribution in [0.15, 0.2) is 18.2 Å². The maximum absolute atomic E-state index is 11.3. The number of phenols is 2. The van der Waals surface area contributed by atoms with E-state index >= 15 is 0 Å². The van der Waals surface area contributed by atoms with Gasteiger partial charge in [-0.3, -0.25) is 15.6 Å². The summed E-state index contributed by atoms with van der Waals surface area (Å²) >= 11 is 0. The molecule has 3 amide bonds. The van der Waals surface area contributed by atoms with Gasteiger partial charge < -0.3 is 10.2 Å². The number of hydrogen-bond donors (Lipinski definition) is 6. The van der Waals surface area contributed by atoms with Gasteiger partial charge in [0.25, 0.3) is 5.91 Å². The fourth-order valence-corrected chi connectivity index (χ4v) is 0.886. The van der Waals surface area contributed by atoms with Gasteiger partial charge in [-0.1, -0.05) is 0 Å². The second-order valence-corrected chi connectivity index (χ2v) is 2.76. The second kappa shape index (κ2) is 6.40. The van der Waals surface area contributed by atoms with Crippen molar-refractivity contribution in [1.82, 2.24) is 16.3 Å². The Balaban J connectivity index is 0.00000256. The molecule has 0 aliphatic heterocycles. The monoisotopic (exact) mass is 262 g/mol. The molecule has 94 valence electrons. The van der Waals surface area contributed by atoms with Crippen LogP contribution in [0.25, 0.3) is 0 Å². The standard InChI is InChI=1S/C8H10N4O4.ClH/c9-10-8(16)12-11-7(15)4-1-2-5(13)6(14)3-4;/h1-3,13-14H,9H2,(H,11,15)(H2,10,12,16);1H. The van der Waals surface area contributed by atoms with Crippen molar-refractivity contribution in [3.05, 3.63) is 23.8 Å². The molecule has 0 unspecified atom stereocenters. The van der Waals surface area contributed by atoms with E-state index in [4.69, 9.17) is 16.1 Å². The molecule has 0 radical (unpaired) electrons. The molecule has 8 nitrogen and oxygen atoms in total. The number of carbonyl (C=O) groups is 2. The van der Waals surface area contributed by atoms with Crippen molar-refractivity contribution >= 4 is 24.3 Å². The number of hydrazine groups is 2.